The van der Waals surface area contributed by atoms with Gasteiger partial charge < -0.3 is 10.6 Å². The first-order valence-electron chi connectivity index (χ1n) is 7.48. The standard InChI is InChI=1S/C16H21N5/c1-11-5-3-7-14(18-11)20-15-9-12(2)19-16(21-15)13-6-4-8-17-10-13/h3,5,7,9,13,17H,4,6,8,10H2,1-2H3,(H,18,19,20,21)/t13-/m0/s1. The molecule has 1 saturated heterocycles. The van der Waals surface area contributed by atoms with Gasteiger partial charge in [-0.05, 0) is 45.4 Å². The second-order valence-corrected chi connectivity index (χ2v) is 5.59. The van der Waals surface area contributed by atoms with Gasteiger partial charge in [0.15, 0.2) is 0 Å². The molecule has 5 heteroatoms. The molecule has 0 bridgehead atoms. The molecule has 2 aromatic heterocycles. The minimum absolute atomic E-state index is 0.407. The number of nitrogens with zero attached hydrogens (tertiary/aromatic N) is 3. The minimum atomic E-state index is 0.407. The predicted molar refractivity (Wildman–Crippen MR) is 83.9 cm³/mol. The van der Waals surface area contributed by atoms with E-state index >= 15 is 0 Å². The fourth-order valence-electron chi connectivity index (χ4n) is 2.65. The minimum Gasteiger partial charge on any atom is -0.325 e. The number of aryl methyl sites for hydroxylation is 2. The van der Waals surface area contributed by atoms with E-state index in [4.69, 9.17) is 0 Å². The molecule has 1 fully saturated rings. The molecule has 0 unspecified atom stereocenters. The highest BCUT2D eigenvalue weighted by Crippen LogP contribution is 2.22. The molecule has 1 aliphatic rings. The van der Waals surface area contributed by atoms with Gasteiger partial charge >= 0.3 is 0 Å². The number of hydrogen-bond donors (Lipinski definition) is 2. The Morgan fingerprint density at radius 1 is 1.10 bits per heavy atom. The first kappa shape index (κ1) is 13.9. The Kier molecular flexibility index (Phi) is 4.10. The summed E-state index contributed by atoms with van der Waals surface area (Å²) in [5.74, 6) is 2.98. The van der Waals surface area contributed by atoms with Crippen LogP contribution in [-0.4, -0.2) is 28.0 Å². The van der Waals surface area contributed by atoms with Crippen molar-refractivity contribution in [1.82, 2.24) is 20.3 Å². The Balaban J connectivity index is 1.83. The third-order valence-electron chi connectivity index (χ3n) is 3.68. The number of nitrogens with one attached hydrogen (secondary N) is 2. The van der Waals surface area contributed by atoms with E-state index in [0.717, 1.165) is 48.4 Å². The fraction of sp³-hybridized carbons (Fsp3) is 0.438. The number of hydrogen-bond acceptors (Lipinski definition) is 5. The molecular weight excluding hydrogens is 262 g/mol. The maximum absolute atomic E-state index is 4.68. The van der Waals surface area contributed by atoms with Crippen LogP contribution in [0.5, 0.6) is 0 Å². The molecule has 0 aliphatic carbocycles. The summed E-state index contributed by atoms with van der Waals surface area (Å²) in [6.45, 7) is 6.05. The number of anilines is 2. The van der Waals surface area contributed by atoms with Crippen LogP contribution in [0.1, 0.15) is 36.0 Å². The normalized spacial score (nSPS) is 18.5. The molecule has 1 aliphatic heterocycles. The van der Waals surface area contributed by atoms with Crippen LogP contribution in [-0.2, 0) is 0 Å². The zero-order chi connectivity index (χ0) is 14.7. The third kappa shape index (κ3) is 3.55. The monoisotopic (exact) mass is 283 g/mol. The average Bonchev–Trinajstić information content (AvgIpc) is 2.47. The molecule has 2 N–H and O–H groups in total. The topological polar surface area (TPSA) is 62.7 Å². The summed E-state index contributed by atoms with van der Waals surface area (Å²) < 4.78 is 0. The van der Waals surface area contributed by atoms with Gasteiger partial charge in [-0.2, -0.15) is 0 Å². The second kappa shape index (κ2) is 6.18. The maximum Gasteiger partial charge on any atom is 0.135 e. The Morgan fingerprint density at radius 2 is 2.00 bits per heavy atom. The van der Waals surface area contributed by atoms with E-state index in [1.165, 1.54) is 6.42 Å². The van der Waals surface area contributed by atoms with Crippen molar-refractivity contribution in [2.45, 2.75) is 32.6 Å². The van der Waals surface area contributed by atoms with Gasteiger partial charge in [0, 0.05) is 29.9 Å². The molecule has 0 amide bonds. The summed E-state index contributed by atoms with van der Waals surface area (Å²) >= 11 is 0. The molecule has 0 aromatic carbocycles. The number of pyridine rings is 1. The van der Waals surface area contributed by atoms with E-state index in [9.17, 15) is 0 Å². The first-order valence-corrected chi connectivity index (χ1v) is 7.48. The fourth-order valence-corrected chi connectivity index (χ4v) is 2.65. The molecular formula is C16H21N5. The SMILES string of the molecule is Cc1cccc(Nc2cc(C)nc([C@H]3CCCNC3)n2)n1. The van der Waals surface area contributed by atoms with Crippen molar-refractivity contribution in [3.05, 3.63) is 41.5 Å². The first-order chi connectivity index (χ1) is 10.2. The van der Waals surface area contributed by atoms with E-state index in [1.54, 1.807) is 0 Å². The van der Waals surface area contributed by atoms with Gasteiger partial charge in [0.1, 0.15) is 17.5 Å². The lowest BCUT2D eigenvalue weighted by Crippen LogP contribution is -2.29. The van der Waals surface area contributed by atoms with Gasteiger partial charge in [0.05, 0.1) is 0 Å². The highest BCUT2D eigenvalue weighted by atomic mass is 15.1. The van der Waals surface area contributed by atoms with Gasteiger partial charge in [-0.15, -0.1) is 0 Å². The second-order valence-electron chi connectivity index (χ2n) is 5.59. The van der Waals surface area contributed by atoms with Gasteiger partial charge in [-0.25, -0.2) is 15.0 Å². The summed E-state index contributed by atoms with van der Waals surface area (Å²) in [6.07, 6.45) is 2.34. The highest BCUT2D eigenvalue weighted by Gasteiger charge is 2.18. The van der Waals surface area contributed by atoms with Gasteiger partial charge in [0.2, 0.25) is 0 Å². The van der Waals surface area contributed by atoms with Crippen LogP contribution in [0.4, 0.5) is 11.6 Å². The summed E-state index contributed by atoms with van der Waals surface area (Å²) in [4.78, 5) is 13.7. The largest absolute Gasteiger partial charge is 0.325 e. The molecule has 5 nitrogen and oxygen atoms in total. The number of piperidine rings is 1. The molecule has 21 heavy (non-hydrogen) atoms. The maximum atomic E-state index is 4.68. The quantitative estimate of drug-likeness (QED) is 0.907. The Hall–Kier alpha value is -2.01. The zero-order valence-electron chi connectivity index (χ0n) is 12.6. The van der Waals surface area contributed by atoms with Crippen LogP contribution >= 0.6 is 0 Å². The van der Waals surface area contributed by atoms with Gasteiger partial charge in [0.25, 0.3) is 0 Å². The average molecular weight is 283 g/mol. The molecule has 110 valence electrons. The smallest absolute Gasteiger partial charge is 0.135 e. The van der Waals surface area contributed by atoms with Crippen LogP contribution in [0, 0.1) is 13.8 Å². The number of rotatable bonds is 3. The molecule has 3 heterocycles. The highest BCUT2D eigenvalue weighted by molar-refractivity contribution is 5.52. The Morgan fingerprint density at radius 3 is 2.76 bits per heavy atom. The van der Waals surface area contributed by atoms with Gasteiger partial charge in [-0.1, -0.05) is 6.07 Å². The molecule has 1 atom stereocenters. The summed E-state index contributed by atoms with van der Waals surface area (Å²) in [5.41, 5.74) is 1.98. The van der Waals surface area contributed by atoms with E-state index in [2.05, 4.69) is 25.6 Å². The van der Waals surface area contributed by atoms with E-state index in [-0.39, 0.29) is 0 Å². The van der Waals surface area contributed by atoms with Crippen molar-refractivity contribution in [3.63, 3.8) is 0 Å². The van der Waals surface area contributed by atoms with E-state index < -0.39 is 0 Å². The van der Waals surface area contributed by atoms with E-state index in [0.29, 0.717) is 5.92 Å². The molecule has 3 rings (SSSR count). The van der Waals surface area contributed by atoms with Crippen molar-refractivity contribution in [3.8, 4) is 0 Å². The van der Waals surface area contributed by atoms with Crippen LogP contribution in [0.2, 0.25) is 0 Å². The lowest BCUT2D eigenvalue weighted by atomic mass is 9.99. The zero-order valence-corrected chi connectivity index (χ0v) is 12.6. The molecule has 0 spiro atoms. The van der Waals surface area contributed by atoms with Crippen molar-refractivity contribution < 1.29 is 0 Å². The summed E-state index contributed by atoms with van der Waals surface area (Å²) in [7, 11) is 0. The van der Waals surface area contributed by atoms with Crippen LogP contribution in [0.25, 0.3) is 0 Å². The molecule has 2 aromatic rings. The van der Waals surface area contributed by atoms with Crippen molar-refractivity contribution >= 4 is 11.6 Å². The van der Waals surface area contributed by atoms with Crippen LogP contribution in [0.3, 0.4) is 0 Å². The molecule has 0 saturated carbocycles. The summed E-state index contributed by atoms with van der Waals surface area (Å²) in [5, 5.41) is 6.70. The third-order valence-corrected chi connectivity index (χ3v) is 3.68. The van der Waals surface area contributed by atoms with Gasteiger partial charge in [-0.3, -0.25) is 0 Å². The Labute approximate surface area is 125 Å². The lowest BCUT2D eigenvalue weighted by molar-refractivity contribution is 0.446. The predicted octanol–water partition coefficient (Wildman–Crippen LogP) is 2.70. The number of aromatic nitrogens is 3. The summed E-state index contributed by atoms with van der Waals surface area (Å²) in [6, 6.07) is 7.89. The van der Waals surface area contributed by atoms with Crippen LogP contribution < -0.4 is 10.6 Å². The van der Waals surface area contributed by atoms with Crippen molar-refractivity contribution in [2.75, 3.05) is 18.4 Å². The van der Waals surface area contributed by atoms with Crippen LogP contribution in [0.15, 0.2) is 24.3 Å². The van der Waals surface area contributed by atoms with E-state index in [1.807, 2.05) is 38.1 Å². The Bertz CT molecular complexity index is 620. The molecule has 0 radical (unpaired) electrons. The van der Waals surface area contributed by atoms with Crippen molar-refractivity contribution in [1.29, 1.82) is 0 Å². The van der Waals surface area contributed by atoms with Crippen molar-refractivity contribution in [2.24, 2.45) is 0 Å². The lowest BCUT2D eigenvalue weighted by Gasteiger charge is -2.22.